The summed E-state index contributed by atoms with van der Waals surface area (Å²) in [6.07, 6.45) is 3.78. The average molecular weight is 261 g/mol. The Morgan fingerprint density at radius 2 is 2.44 bits per heavy atom. The highest BCUT2D eigenvalue weighted by atomic mass is 32.2. The summed E-state index contributed by atoms with van der Waals surface area (Å²) in [5.41, 5.74) is 4.51. The van der Waals surface area contributed by atoms with E-state index in [4.69, 9.17) is 10.8 Å². The third-order valence-corrected chi connectivity index (χ3v) is 4.03. The van der Waals surface area contributed by atoms with Gasteiger partial charge in [-0.1, -0.05) is 18.2 Å². The standard InChI is InChI=1S/C9H15N3O2S2/c1-9(10,7(13)14)4-2-3-5-15-8-11-6-12-16-8/h6H,2-5,10H2,1H3,(H,13,14). The largest absolute Gasteiger partial charge is 0.480 e. The summed E-state index contributed by atoms with van der Waals surface area (Å²) < 4.78 is 4.85. The quantitative estimate of drug-likeness (QED) is 0.572. The number of carboxylic acid groups (broad SMARTS) is 1. The first-order valence-corrected chi connectivity index (χ1v) is 6.70. The maximum absolute atomic E-state index is 10.7. The molecule has 1 unspecified atom stereocenters. The molecule has 0 fully saturated rings. The lowest BCUT2D eigenvalue weighted by Gasteiger charge is -2.18. The molecule has 1 aromatic rings. The molecule has 1 heterocycles. The van der Waals surface area contributed by atoms with Crippen molar-refractivity contribution in [2.24, 2.45) is 5.73 Å². The van der Waals surface area contributed by atoms with E-state index in [1.165, 1.54) is 17.9 Å². The second-order valence-electron chi connectivity index (χ2n) is 3.74. The molecule has 1 atom stereocenters. The lowest BCUT2D eigenvalue weighted by Crippen LogP contribution is -2.44. The maximum atomic E-state index is 10.7. The van der Waals surface area contributed by atoms with E-state index in [0.717, 1.165) is 22.9 Å². The monoisotopic (exact) mass is 261 g/mol. The second kappa shape index (κ2) is 6.17. The number of nitrogens with two attached hydrogens (primary N) is 1. The van der Waals surface area contributed by atoms with Gasteiger partial charge in [0.15, 0.2) is 4.34 Å². The van der Waals surface area contributed by atoms with Gasteiger partial charge in [0.05, 0.1) is 0 Å². The summed E-state index contributed by atoms with van der Waals surface area (Å²) in [6, 6.07) is 0. The van der Waals surface area contributed by atoms with E-state index in [1.807, 2.05) is 0 Å². The summed E-state index contributed by atoms with van der Waals surface area (Å²) in [4.78, 5) is 14.8. The Bertz CT molecular complexity index is 328. The number of hydrogen-bond acceptors (Lipinski definition) is 6. The van der Waals surface area contributed by atoms with Crippen LogP contribution in [0.4, 0.5) is 0 Å². The lowest BCUT2D eigenvalue weighted by molar-refractivity contribution is -0.142. The second-order valence-corrected chi connectivity index (χ2v) is 5.86. The first-order chi connectivity index (χ1) is 7.52. The zero-order valence-corrected chi connectivity index (χ0v) is 10.7. The van der Waals surface area contributed by atoms with Crippen LogP contribution in [0, 0.1) is 0 Å². The fourth-order valence-corrected chi connectivity index (χ4v) is 2.60. The van der Waals surface area contributed by atoms with Gasteiger partial charge in [-0.25, -0.2) is 4.98 Å². The molecular weight excluding hydrogens is 246 g/mol. The number of aliphatic carboxylic acids is 1. The van der Waals surface area contributed by atoms with Gasteiger partial charge in [0.2, 0.25) is 0 Å². The van der Waals surface area contributed by atoms with Crippen LogP contribution in [-0.4, -0.2) is 31.7 Å². The van der Waals surface area contributed by atoms with Crippen molar-refractivity contribution in [1.29, 1.82) is 0 Å². The topological polar surface area (TPSA) is 89.1 Å². The minimum Gasteiger partial charge on any atom is -0.480 e. The van der Waals surface area contributed by atoms with Crippen molar-refractivity contribution in [3.63, 3.8) is 0 Å². The number of aromatic nitrogens is 2. The van der Waals surface area contributed by atoms with Crippen LogP contribution in [0.3, 0.4) is 0 Å². The molecular formula is C9H15N3O2S2. The molecule has 90 valence electrons. The first kappa shape index (κ1) is 13.4. The highest BCUT2D eigenvalue weighted by Gasteiger charge is 2.26. The molecule has 0 aliphatic carbocycles. The van der Waals surface area contributed by atoms with Crippen molar-refractivity contribution in [2.45, 2.75) is 36.1 Å². The Kier molecular flexibility index (Phi) is 5.17. The van der Waals surface area contributed by atoms with Crippen LogP contribution in [0.5, 0.6) is 0 Å². The molecule has 0 aliphatic heterocycles. The Morgan fingerprint density at radius 1 is 1.69 bits per heavy atom. The van der Waals surface area contributed by atoms with Crippen molar-refractivity contribution in [1.82, 2.24) is 9.36 Å². The Balaban J connectivity index is 2.10. The number of thioether (sulfide) groups is 1. The smallest absolute Gasteiger partial charge is 0.323 e. The lowest BCUT2D eigenvalue weighted by atomic mass is 9.97. The maximum Gasteiger partial charge on any atom is 0.323 e. The van der Waals surface area contributed by atoms with Crippen LogP contribution >= 0.6 is 23.3 Å². The molecule has 0 radical (unpaired) electrons. The number of carboxylic acids is 1. The van der Waals surface area contributed by atoms with Crippen LogP contribution in [0.1, 0.15) is 26.2 Å². The molecule has 7 heteroatoms. The Labute approximate surface area is 103 Å². The number of nitrogens with zero attached hydrogens (tertiary/aromatic N) is 2. The van der Waals surface area contributed by atoms with E-state index in [2.05, 4.69) is 9.36 Å². The minimum absolute atomic E-state index is 0.499. The Hall–Kier alpha value is -0.660. The van der Waals surface area contributed by atoms with Crippen LogP contribution < -0.4 is 5.73 Å². The normalized spacial score (nSPS) is 14.6. The van der Waals surface area contributed by atoms with Crippen LogP contribution in [0.2, 0.25) is 0 Å². The molecule has 0 aliphatic rings. The van der Waals surface area contributed by atoms with Gasteiger partial charge in [-0.05, 0) is 31.3 Å². The van der Waals surface area contributed by atoms with E-state index >= 15 is 0 Å². The molecule has 0 bridgehead atoms. The van der Waals surface area contributed by atoms with Gasteiger partial charge in [-0.2, -0.15) is 4.37 Å². The summed E-state index contributed by atoms with van der Waals surface area (Å²) in [5.74, 6) is -0.0190. The predicted octanol–water partition coefficient (Wildman–Crippen LogP) is 1.60. The van der Waals surface area contributed by atoms with E-state index in [1.54, 1.807) is 18.7 Å². The van der Waals surface area contributed by atoms with E-state index in [0.29, 0.717) is 6.42 Å². The van der Waals surface area contributed by atoms with Crippen molar-refractivity contribution in [3.05, 3.63) is 6.33 Å². The minimum atomic E-state index is -1.10. The number of hydrogen-bond donors (Lipinski definition) is 2. The third kappa shape index (κ3) is 4.46. The average Bonchev–Trinajstić information content (AvgIpc) is 2.69. The molecule has 3 N–H and O–H groups in total. The Morgan fingerprint density at radius 3 is 3.00 bits per heavy atom. The van der Waals surface area contributed by atoms with E-state index < -0.39 is 11.5 Å². The van der Waals surface area contributed by atoms with Gasteiger partial charge in [0.25, 0.3) is 0 Å². The van der Waals surface area contributed by atoms with Crippen molar-refractivity contribution >= 4 is 29.3 Å². The molecule has 0 spiro atoms. The number of unbranched alkanes of at least 4 members (excludes halogenated alkanes) is 1. The van der Waals surface area contributed by atoms with Gasteiger partial charge < -0.3 is 10.8 Å². The van der Waals surface area contributed by atoms with Crippen LogP contribution in [-0.2, 0) is 4.79 Å². The molecule has 0 amide bonds. The first-order valence-electron chi connectivity index (χ1n) is 4.94. The van der Waals surface area contributed by atoms with Gasteiger partial charge in [0, 0.05) is 5.75 Å². The van der Waals surface area contributed by atoms with E-state index in [-0.39, 0.29) is 0 Å². The zero-order chi connectivity index (χ0) is 12.0. The summed E-state index contributed by atoms with van der Waals surface area (Å²) in [5, 5.41) is 8.80. The molecule has 0 saturated heterocycles. The molecule has 1 rings (SSSR count). The molecule has 0 aromatic carbocycles. The molecule has 16 heavy (non-hydrogen) atoms. The molecule has 5 nitrogen and oxygen atoms in total. The van der Waals surface area contributed by atoms with Gasteiger partial charge >= 0.3 is 5.97 Å². The SMILES string of the molecule is CC(N)(CCCCSc1ncns1)C(=O)O. The van der Waals surface area contributed by atoms with Gasteiger partial charge in [-0.15, -0.1) is 0 Å². The third-order valence-electron chi connectivity index (χ3n) is 2.15. The van der Waals surface area contributed by atoms with Gasteiger partial charge in [0.1, 0.15) is 11.9 Å². The van der Waals surface area contributed by atoms with Crippen molar-refractivity contribution in [3.8, 4) is 0 Å². The fraction of sp³-hybridized carbons (Fsp3) is 0.667. The van der Waals surface area contributed by atoms with Crippen LogP contribution in [0.25, 0.3) is 0 Å². The van der Waals surface area contributed by atoms with Gasteiger partial charge in [-0.3, -0.25) is 4.79 Å². The predicted molar refractivity (Wildman–Crippen MR) is 64.7 cm³/mol. The highest BCUT2D eigenvalue weighted by molar-refractivity contribution is 8.00. The molecule has 0 saturated carbocycles. The summed E-state index contributed by atoms with van der Waals surface area (Å²) >= 11 is 3.02. The molecule has 1 aromatic heterocycles. The van der Waals surface area contributed by atoms with Crippen molar-refractivity contribution < 1.29 is 9.90 Å². The highest BCUT2D eigenvalue weighted by Crippen LogP contribution is 2.20. The van der Waals surface area contributed by atoms with E-state index in [9.17, 15) is 4.79 Å². The van der Waals surface area contributed by atoms with Crippen LogP contribution in [0.15, 0.2) is 10.7 Å². The number of carbonyl (C=O) groups is 1. The number of rotatable bonds is 7. The summed E-state index contributed by atoms with van der Waals surface area (Å²) in [7, 11) is 0. The fourth-order valence-electron chi connectivity index (χ4n) is 1.09. The summed E-state index contributed by atoms with van der Waals surface area (Å²) in [6.45, 7) is 1.55. The van der Waals surface area contributed by atoms with Crippen molar-refractivity contribution in [2.75, 3.05) is 5.75 Å². The zero-order valence-electron chi connectivity index (χ0n) is 9.05.